The van der Waals surface area contributed by atoms with Crippen molar-refractivity contribution in [2.24, 2.45) is 0 Å². The maximum Gasteiger partial charge on any atom is 0.263 e. The molecule has 0 heterocycles. The quantitative estimate of drug-likeness (QED) is 0.841. The Morgan fingerprint density at radius 3 is 2.57 bits per heavy atom. The third kappa shape index (κ3) is 6.36. The number of rotatable bonds is 7. The molecule has 1 unspecified atom stereocenters. The lowest BCUT2D eigenvalue weighted by Crippen LogP contribution is -2.40. The molecule has 1 aromatic rings. The first-order valence-electron chi connectivity index (χ1n) is 7.12. The molecule has 0 aliphatic heterocycles. The monoisotopic (exact) mass is 314 g/mol. The van der Waals surface area contributed by atoms with Crippen molar-refractivity contribution in [1.82, 2.24) is 10.2 Å². The Labute approximate surface area is 134 Å². The van der Waals surface area contributed by atoms with E-state index in [-0.39, 0.29) is 18.3 Å². The lowest BCUT2D eigenvalue weighted by atomic mass is 10.0. The van der Waals surface area contributed by atoms with E-state index in [1.165, 1.54) is 5.56 Å². The van der Waals surface area contributed by atoms with Gasteiger partial charge in [0.15, 0.2) is 6.10 Å². The molecule has 0 fully saturated rings. The normalized spacial score (nSPS) is 11.7. The van der Waals surface area contributed by atoms with Gasteiger partial charge in [-0.05, 0) is 37.6 Å². The summed E-state index contributed by atoms with van der Waals surface area (Å²) in [6.45, 7) is 7.52. The van der Waals surface area contributed by atoms with Crippen LogP contribution >= 0.6 is 12.4 Å². The van der Waals surface area contributed by atoms with Gasteiger partial charge in [0.2, 0.25) is 0 Å². The Morgan fingerprint density at radius 1 is 1.33 bits per heavy atom. The Morgan fingerprint density at radius 2 is 2.00 bits per heavy atom. The van der Waals surface area contributed by atoms with Crippen molar-refractivity contribution in [2.75, 3.05) is 27.2 Å². The molecular weight excluding hydrogens is 288 g/mol. The van der Waals surface area contributed by atoms with Gasteiger partial charge in [-0.3, -0.25) is 4.79 Å². The highest BCUT2D eigenvalue weighted by Gasteiger charge is 2.18. The molecule has 0 saturated heterocycles. The maximum atomic E-state index is 12.1. The fraction of sp³-hybridized carbons (Fsp3) is 0.562. The summed E-state index contributed by atoms with van der Waals surface area (Å²) in [7, 11) is 3.67. The second-order valence-electron chi connectivity index (χ2n) is 5.35. The number of benzene rings is 1. The second kappa shape index (κ2) is 9.64. The van der Waals surface area contributed by atoms with Crippen LogP contribution in [0.1, 0.15) is 32.3 Å². The molecule has 1 atom stereocenters. The molecular formula is C16H27ClN2O2. The fourth-order valence-electron chi connectivity index (χ4n) is 1.90. The standard InChI is InChI=1S/C16H26N2O2.ClH/c1-12(2)14-7-6-8-15(11-14)20-13(3)16(19)18(5)10-9-17-4;/h6-8,11-13,17H,9-10H2,1-5H3;1H. The van der Waals surface area contributed by atoms with E-state index in [9.17, 15) is 4.79 Å². The molecule has 1 amide bonds. The molecule has 1 aromatic carbocycles. The lowest BCUT2D eigenvalue weighted by molar-refractivity contribution is -0.136. The van der Waals surface area contributed by atoms with Crippen LogP contribution in [0.3, 0.4) is 0 Å². The highest BCUT2D eigenvalue weighted by atomic mass is 35.5. The van der Waals surface area contributed by atoms with Crippen LogP contribution in [0.2, 0.25) is 0 Å². The minimum Gasteiger partial charge on any atom is -0.481 e. The second-order valence-corrected chi connectivity index (χ2v) is 5.35. The van der Waals surface area contributed by atoms with E-state index < -0.39 is 6.10 Å². The number of ether oxygens (including phenoxy) is 1. The van der Waals surface area contributed by atoms with Crippen molar-refractivity contribution in [3.8, 4) is 5.75 Å². The summed E-state index contributed by atoms with van der Waals surface area (Å²) < 4.78 is 5.76. The first kappa shape index (κ1) is 19.7. The number of likely N-dealkylation sites (N-methyl/N-ethyl adjacent to an activating group) is 2. The Bertz CT molecular complexity index is 438. The number of carbonyl (C=O) groups excluding carboxylic acids is 1. The molecule has 5 heteroatoms. The van der Waals surface area contributed by atoms with Crippen LogP contribution in [0.25, 0.3) is 0 Å². The van der Waals surface area contributed by atoms with Crippen LogP contribution in [-0.4, -0.2) is 44.1 Å². The summed E-state index contributed by atoms with van der Waals surface area (Å²) >= 11 is 0. The van der Waals surface area contributed by atoms with Gasteiger partial charge in [0, 0.05) is 20.1 Å². The van der Waals surface area contributed by atoms with Crippen molar-refractivity contribution >= 4 is 18.3 Å². The fourth-order valence-corrected chi connectivity index (χ4v) is 1.90. The average Bonchev–Trinajstić information content (AvgIpc) is 2.44. The van der Waals surface area contributed by atoms with Crippen LogP contribution < -0.4 is 10.1 Å². The average molecular weight is 315 g/mol. The minimum absolute atomic E-state index is 0. The number of amides is 1. The largest absolute Gasteiger partial charge is 0.481 e. The SMILES string of the molecule is CNCCN(C)C(=O)C(C)Oc1cccc(C(C)C)c1.Cl. The molecule has 21 heavy (non-hydrogen) atoms. The molecule has 0 aliphatic carbocycles. The smallest absolute Gasteiger partial charge is 0.263 e. The van der Waals surface area contributed by atoms with Gasteiger partial charge in [-0.25, -0.2) is 0 Å². The van der Waals surface area contributed by atoms with E-state index in [2.05, 4.69) is 25.2 Å². The highest BCUT2D eigenvalue weighted by molar-refractivity contribution is 5.85. The number of nitrogens with zero attached hydrogens (tertiary/aromatic N) is 1. The molecule has 1 N–H and O–H groups in total. The predicted octanol–water partition coefficient (Wildman–Crippen LogP) is 2.68. The summed E-state index contributed by atoms with van der Waals surface area (Å²) in [5.41, 5.74) is 1.21. The van der Waals surface area contributed by atoms with Gasteiger partial charge in [0.05, 0.1) is 0 Å². The van der Waals surface area contributed by atoms with Crippen molar-refractivity contribution in [3.63, 3.8) is 0 Å². The van der Waals surface area contributed by atoms with Crippen LogP contribution in [0, 0.1) is 0 Å². The number of hydrogen-bond donors (Lipinski definition) is 1. The molecule has 0 aliphatic rings. The van der Waals surface area contributed by atoms with E-state index in [1.807, 2.05) is 25.2 Å². The minimum atomic E-state index is -0.473. The third-order valence-corrected chi connectivity index (χ3v) is 3.26. The molecule has 0 radical (unpaired) electrons. The highest BCUT2D eigenvalue weighted by Crippen LogP contribution is 2.21. The Kier molecular flexibility index (Phi) is 9.06. The van der Waals surface area contributed by atoms with Crippen molar-refractivity contribution in [2.45, 2.75) is 32.8 Å². The Hall–Kier alpha value is -1.26. The van der Waals surface area contributed by atoms with E-state index in [1.54, 1.807) is 18.9 Å². The molecule has 0 spiro atoms. The topological polar surface area (TPSA) is 41.6 Å². The number of halogens is 1. The molecule has 4 nitrogen and oxygen atoms in total. The van der Waals surface area contributed by atoms with Crippen LogP contribution in [0.15, 0.2) is 24.3 Å². The van der Waals surface area contributed by atoms with Gasteiger partial charge in [-0.1, -0.05) is 26.0 Å². The Balaban J connectivity index is 0.00000400. The van der Waals surface area contributed by atoms with Gasteiger partial charge < -0.3 is 15.0 Å². The summed E-state index contributed by atoms with van der Waals surface area (Å²) in [4.78, 5) is 13.8. The summed E-state index contributed by atoms with van der Waals surface area (Å²) in [6.07, 6.45) is -0.473. The van der Waals surface area contributed by atoms with E-state index in [4.69, 9.17) is 4.74 Å². The van der Waals surface area contributed by atoms with E-state index in [0.29, 0.717) is 12.5 Å². The van der Waals surface area contributed by atoms with Crippen molar-refractivity contribution < 1.29 is 9.53 Å². The number of nitrogens with one attached hydrogen (secondary N) is 1. The number of hydrogen-bond acceptors (Lipinski definition) is 3. The lowest BCUT2D eigenvalue weighted by Gasteiger charge is -2.22. The van der Waals surface area contributed by atoms with E-state index >= 15 is 0 Å². The predicted molar refractivity (Wildman–Crippen MR) is 89.4 cm³/mol. The van der Waals surface area contributed by atoms with Crippen molar-refractivity contribution in [1.29, 1.82) is 0 Å². The summed E-state index contributed by atoms with van der Waals surface area (Å²) in [5.74, 6) is 1.19. The van der Waals surface area contributed by atoms with Gasteiger partial charge in [-0.2, -0.15) is 0 Å². The van der Waals surface area contributed by atoms with Crippen molar-refractivity contribution in [3.05, 3.63) is 29.8 Å². The zero-order valence-electron chi connectivity index (χ0n) is 13.6. The van der Waals surface area contributed by atoms with Crippen LogP contribution in [0.5, 0.6) is 5.75 Å². The molecule has 0 saturated carbocycles. The maximum absolute atomic E-state index is 12.1. The van der Waals surface area contributed by atoms with Crippen LogP contribution in [0.4, 0.5) is 0 Å². The zero-order valence-corrected chi connectivity index (χ0v) is 14.4. The number of carbonyl (C=O) groups is 1. The third-order valence-electron chi connectivity index (χ3n) is 3.26. The van der Waals surface area contributed by atoms with Gasteiger partial charge >= 0.3 is 0 Å². The molecule has 120 valence electrons. The first-order chi connectivity index (χ1) is 9.45. The zero-order chi connectivity index (χ0) is 15.1. The summed E-state index contributed by atoms with van der Waals surface area (Å²) in [6, 6.07) is 7.93. The molecule has 1 rings (SSSR count). The van der Waals surface area contributed by atoms with Gasteiger partial charge in [0.25, 0.3) is 5.91 Å². The van der Waals surface area contributed by atoms with Gasteiger partial charge in [0.1, 0.15) is 5.75 Å². The first-order valence-corrected chi connectivity index (χ1v) is 7.12. The van der Waals surface area contributed by atoms with E-state index in [0.717, 1.165) is 12.3 Å². The molecule has 0 bridgehead atoms. The molecule has 0 aromatic heterocycles. The summed E-state index contributed by atoms with van der Waals surface area (Å²) in [5, 5.41) is 3.03. The van der Waals surface area contributed by atoms with Crippen LogP contribution in [-0.2, 0) is 4.79 Å². The van der Waals surface area contributed by atoms with Gasteiger partial charge in [-0.15, -0.1) is 12.4 Å².